The number of carbonyl (C=O) groups is 1. The number of nitrogens with zero attached hydrogens (tertiary/aromatic N) is 2. The molecular formula is C11H10ClN3O2. The van der Waals surface area contributed by atoms with Crippen molar-refractivity contribution in [3.05, 3.63) is 40.8 Å². The van der Waals surface area contributed by atoms with E-state index < -0.39 is 0 Å². The summed E-state index contributed by atoms with van der Waals surface area (Å²) >= 11 is 5.64. The number of halogens is 1. The lowest BCUT2D eigenvalue weighted by Crippen LogP contribution is -2.12. The minimum atomic E-state index is -0.354. The Labute approximate surface area is 103 Å². The van der Waals surface area contributed by atoms with Crippen LogP contribution in [0.2, 0.25) is 5.15 Å². The van der Waals surface area contributed by atoms with Gasteiger partial charge in [0.25, 0.3) is 5.91 Å². The molecule has 0 unspecified atom stereocenters. The fourth-order valence-electron chi connectivity index (χ4n) is 1.38. The van der Waals surface area contributed by atoms with E-state index in [1.807, 2.05) is 0 Å². The Bertz CT molecular complexity index is 548. The summed E-state index contributed by atoms with van der Waals surface area (Å²) in [6.07, 6.45) is 1.47. The molecule has 2 heterocycles. The Balaban J connectivity index is 2.17. The highest BCUT2D eigenvalue weighted by Gasteiger charge is 2.15. The van der Waals surface area contributed by atoms with Gasteiger partial charge in [-0.2, -0.15) is 0 Å². The Hall–Kier alpha value is -1.88. The van der Waals surface area contributed by atoms with Crippen LogP contribution in [0.3, 0.4) is 0 Å². The number of amides is 1. The molecule has 0 aliphatic heterocycles. The lowest BCUT2D eigenvalue weighted by Gasteiger charge is -2.02. The molecule has 0 saturated carbocycles. The first kappa shape index (κ1) is 11.6. The van der Waals surface area contributed by atoms with Crippen molar-refractivity contribution < 1.29 is 9.21 Å². The number of rotatable bonds is 2. The summed E-state index contributed by atoms with van der Waals surface area (Å²) < 4.78 is 5.20. The molecule has 0 aromatic carbocycles. The third-order valence-electron chi connectivity index (χ3n) is 2.10. The van der Waals surface area contributed by atoms with Crippen molar-refractivity contribution in [2.45, 2.75) is 13.8 Å². The summed E-state index contributed by atoms with van der Waals surface area (Å²) in [6, 6.07) is 3.25. The van der Waals surface area contributed by atoms with Crippen molar-refractivity contribution in [2.24, 2.45) is 0 Å². The molecule has 0 aliphatic rings. The van der Waals surface area contributed by atoms with Gasteiger partial charge in [0.1, 0.15) is 5.15 Å². The molecule has 2 aromatic heterocycles. The highest BCUT2D eigenvalue weighted by Crippen LogP contribution is 2.14. The first-order valence-corrected chi connectivity index (χ1v) is 5.31. The second kappa shape index (κ2) is 4.55. The molecule has 0 bridgehead atoms. The molecule has 0 atom stereocenters. The van der Waals surface area contributed by atoms with Crippen LogP contribution >= 0.6 is 11.6 Å². The van der Waals surface area contributed by atoms with Crippen LogP contribution in [0.5, 0.6) is 0 Å². The highest BCUT2D eigenvalue weighted by atomic mass is 35.5. The van der Waals surface area contributed by atoms with E-state index in [2.05, 4.69) is 15.3 Å². The second-order valence-corrected chi connectivity index (χ2v) is 3.86. The van der Waals surface area contributed by atoms with E-state index in [0.29, 0.717) is 22.4 Å². The maximum absolute atomic E-state index is 11.8. The maximum Gasteiger partial charge on any atom is 0.293 e. The summed E-state index contributed by atoms with van der Waals surface area (Å²) in [5.41, 5.74) is 1.11. The number of pyridine rings is 1. The lowest BCUT2D eigenvalue weighted by atomic mass is 10.3. The Morgan fingerprint density at radius 2 is 2.18 bits per heavy atom. The fraction of sp³-hybridized carbons (Fsp3) is 0.182. The summed E-state index contributed by atoms with van der Waals surface area (Å²) in [7, 11) is 0. The number of aromatic nitrogens is 2. The number of aryl methyl sites for hydroxylation is 2. The molecular weight excluding hydrogens is 242 g/mol. The summed E-state index contributed by atoms with van der Waals surface area (Å²) in [6.45, 7) is 3.40. The Kier molecular flexibility index (Phi) is 3.10. The third kappa shape index (κ3) is 2.62. The molecule has 5 nitrogen and oxygen atoms in total. The molecule has 88 valence electrons. The van der Waals surface area contributed by atoms with Crippen molar-refractivity contribution in [1.29, 1.82) is 0 Å². The van der Waals surface area contributed by atoms with Crippen LogP contribution in [0.4, 0.5) is 5.69 Å². The molecule has 1 N–H and O–H groups in total. The summed E-state index contributed by atoms with van der Waals surface area (Å²) in [5, 5.41) is 3.02. The van der Waals surface area contributed by atoms with E-state index in [-0.39, 0.29) is 11.7 Å². The zero-order valence-electron chi connectivity index (χ0n) is 9.32. The van der Waals surface area contributed by atoms with Gasteiger partial charge in [0.05, 0.1) is 17.6 Å². The largest absolute Gasteiger partial charge is 0.436 e. The second-order valence-electron chi connectivity index (χ2n) is 3.47. The fourth-order valence-corrected chi connectivity index (χ4v) is 1.49. The van der Waals surface area contributed by atoms with Crippen LogP contribution in [0.15, 0.2) is 22.7 Å². The molecule has 1 amide bonds. The van der Waals surface area contributed by atoms with Crippen LogP contribution < -0.4 is 5.32 Å². The number of nitrogens with one attached hydrogen (secondary N) is 1. The summed E-state index contributed by atoms with van der Waals surface area (Å²) in [5.74, 6) is 0.312. The molecule has 0 radical (unpaired) electrons. The van der Waals surface area contributed by atoms with Gasteiger partial charge in [0.2, 0.25) is 5.76 Å². The van der Waals surface area contributed by atoms with Crippen molar-refractivity contribution in [1.82, 2.24) is 9.97 Å². The average molecular weight is 252 g/mol. The van der Waals surface area contributed by atoms with Gasteiger partial charge in [0, 0.05) is 6.92 Å². The van der Waals surface area contributed by atoms with Crippen molar-refractivity contribution in [3.63, 3.8) is 0 Å². The van der Waals surface area contributed by atoms with Crippen LogP contribution in [0.25, 0.3) is 0 Å². The van der Waals surface area contributed by atoms with Crippen molar-refractivity contribution in [3.8, 4) is 0 Å². The Morgan fingerprint density at radius 1 is 1.41 bits per heavy atom. The van der Waals surface area contributed by atoms with Crippen molar-refractivity contribution in [2.75, 3.05) is 5.32 Å². The predicted molar refractivity (Wildman–Crippen MR) is 63.2 cm³/mol. The SMILES string of the molecule is Cc1nc(C)c(C(=O)Nc2ccc(Cl)nc2)o1. The molecule has 2 rings (SSSR count). The van der Waals surface area contributed by atoms with Gasteiger partial charge >= 0.3 is 0 Å². The van der Waals surface area contributed by atoms with Gasteiger partial charge < -0.3 is 9.73 Å². The minimum Gasteiger partial charge on any atom is -0.436 e. The van der Waals surface area contributed by atoms with E-state index >= 15 is 0 Å². The topological polar surface area (TPSA) is 68.0 Å². The van der Waals surface area contributed by atoms with Gasteiger partial charge in [-0.3, -0.25) is 4.79 Å². The predicted octanol–water partition coefficient (Wildman–Crippen LogP) is 2.59. The number of anilines is 1. The van der Waals surface area contributed by atoms with Crippen LogP contribution in [0.1, 0.15) is 22.1 Å². The quantitative estimate of drug-likeness (QED) is 0.833. The normalized spacial score (nSPS) is 10.3. The first-order valence-electron chi connectivity index (χ1n) is 4.93. The van der Waals surface area contributed by atoms with Gasteiger partial charge in [-0.05, 0) is 19.1 Å². The van der Waals surface area contributed by atoms with Gasteiger partial charge in [-0.1, -0.05) is 11.6 Å². The maximum atomic E-state index is 11.8. The molecule has 0 saturated heterocycles. The van der Waals surface area contributed by atoms with Gasteiger partial charge in [-0.25, -0.2) is 9.97 Å². The molecule has 17 heavy (non-hydrogen) atoms. The van der Waals surface area contributed by atoms with Crippen LogP contribution in [-0.4, -0.2) is 15.9 Å². The lowest BCUT2D eigenvalue weighted by molar-refractivity contribution is 0.0994. The number of oxazole rings is 1. The number of carbonyl (C=O) groups excluding carboxylic acids is 1. The van der Waals surface area contributed by atoms with Gasteiger partial charge in [-0.15, -0.1) is 0 Å². The monoisotopic (exact) mass is 251 g/mol. The van der Waals surface area contributed by atoms with Gasteiger partial charge in [0.15, 0.2) is 5.89 Å². The van der Waals surface area contributed by atoms with Crippen molar-refractivity contribution >= 4 is 23.2 Å². The molecule has 2 aromatic rings. The minimum absolute atomic E-state index is 0.206. The molecule has 6 heteroatoms. The Morgan fingerprint density at radius 3 is 2.71 bits per heavy atom. The average Bonchev–Trinajstić information content (AvgIpc) is 2.61. The van der Waals surface area contributed by atoms with Crippen LogP contribution in [0, 0.1) is 13.8 Å². The zero-order valence-corrected chi connectivity index (χ0v) is 10.1. The highest BCUT2D eigenvalue weighted by molar-refractivity contribution is 6.29. The van der Waals surface area contributed by atoms with E-state index in [0.717, 1.165) is 0 Å². The molecule has 0 aliphatic carbocycles. The number of hydrogen-bond donors (Lipinski definition) is 1. The van der Waals surface area contributed by atoms with E-state index in [1.54, 1.807) is 26.0 Å². The zero-order chi connectivity index (χ0) is 12.4. The van der Waals surface area contributed by atoms with E-state index in [4.69, 9.17) is 16.0 Å². The first-order chi connectivity index (χ1) is 8.06. The summed E-state index contributed by atoms with van der Waals surface area (Å²) in [4.78, 5) is 19.7. The standard InChI is InChI=1S/C11H10ClN3O2/c1-6-10(17-7(2)14-6)11(16)15-8-3-4-9(12)13-5-8/h3-5H,1-2H3,(H,15,16). The molecule has 0 fully saturated rings. The van der Waals surface area contributed by atoms with E-state index in [9.17, 15) is 4.79 Å². The molecule has 0 spiro atoms. The smallest absolute Gasteiger partial charge is 0.293 e. The van der Waals surface area contributed by atoms with Crippen LogP contribution in [-0.2, 0) is 0 Å². The van der Waals surface area contributed by atoms with E-state index in [1.165, 1.54) is 6.20 Å². The third-order valence-corrected chi connectivity index (χ3v) is 2.32. The number of hydrogen-bond acceptors (Lipinski definition) is 4.